The number of hydrogen-bond donors (Lipinski definition) is 2. The smallest absolute Gasteiger partial charge is 0.0676 e. The molecule has 0 radical (unpaired) electrons. The first-order chi connectivity index (χ1) is 9.77. The van der Waals surface area contributed by atoms with Gasteiger partial charge in [-0.2, -0.15) is 0 Å². The molecule has 2 atom stereocenters. The molecule has 1 fully saturated rings. The van der Waals surface area contributed by atoms with Crippen molar-refractivity contribution in [2.24, 2.45) is 5.73 Å². The van der Waals surface area contributed by atoms with E-state index < -0.39 is 0 Å². The van der Waals surface area contributed by atoms with E-state index in [1.54, 1.807) is 0 Å². The fraction of sp³-hybridized carbons (Fsp3) is 0.688. The lowest BCUT2D eigenvalue weighted by atomic mass is 9.98. The first-order valence-corrected chi connectivity index (χ1v) is 7.81. The number of aliphatic hydroxyl groups excluding tert-OH is 1. The predicted octanol–water partition coefficient (Wildman–Crippen LogP) is 2.10. The average molecular weight is 277 g/mol. The first-order valence-electron chi connectivity index (χ1n) is 7.81. The molecular weight excluding hydrogens is 250 g/mol. The summed E-state index contributed by atoms with van der Waals surface area (Å²) in [5.74, 6) is 0. The highest BCUT2D eigenvalue weighted by molar-refractivity contribution is 5.12. The molecule has 20 heavy (non-hydrogen) atoms. The van der Waals surface area contributed by atoms with Gasteiger partial charge >= 0.3 is 0 Å². The highest BCUT2D eigenvalue weighted by Gasteiger charge is 2.32. The molecule has 1 aliphatic carbocycles. The van der Waals surface area contributed by atoms with Gasteiger partial charge in [0.1, 0.15) is 0 Å². The van der Waals surface area contributed by atoms with E-state index in [4.69, 9.17) is 5.73 Å². The second kappa shape index (κ2) is 7.72. The van der Waals surface area contributed by atoms with Gasteiger partial charge in [0.2, 0.25) is 0 Å². The minimum absolute atomic E-state index is 0.0528. The van der Waals surface area contributed by atoms with Crippen LogP contribution in [0.15, 0.2) is 24.4 Å². The lowest BCUT2D eigenvalue weighted by Crippen LogP contribution is -2.46. The summed E-state index contributed by atoms with van der Waals surface area (Å²) < 4.78 is 0. The summed E-state index contributed by atoms with van der Waals surface area (Å²) in [5, 5.41) is 9.44. The Labute approximate surface area is 122 Å². The molecule has 0 amide bonds. The van der Waals surface area contributed by atoms with Crippen molar-refractivity contribution < 1.29 is 5.11 Å². The van der Waals surface area contributed by atoms with Gasteiger partial charge in [-0.05, 0) is 31.4 Å². The third-order valence-corrected chi connectivity index (χ3v) is 4.38. The van der Waals surface area contributed by atoms with Gasteiger partial charge in [0.15, 0.2) is 0 Å². The summed E-state index contributed by atoms with van der Waals surface area (Å²) in [5.41, 5.74) is 7.41. The van der Waals surface area contributed by atoms with Crippen LogP contribution in [0.5, 0.6) is 0 Å². The van der Waals surface area contributed by atoms with E-state index in [1.165, 1.54) is 25.7 Å². The van der Waals surface area contributed by atoms with Crippen molar-refractivity contribution >= 4 is 0 Å². The lowest BCUT2D eigenvalue weighted by molar-refractivity contribution is 0.0860. The third-order valence-electron chi connectivity index (χ3n) is 4.38. The van der Waals surface area contributed by atoms with E-state index in [-0.39, 0.29) is 18.7 Å². The van der Waals surface area contributed by atoms with E-state index >= 15 is 0 Å². The average Bonchev–Trinajstić information content (AvgIpc) is 3.01. The van der Waals surface area contributed by atoms with Crippen LogP contribution < -0.4 is 5.73 Å². The van der Waals surface area contributed by atoms with Gasteiger partial charge in [0, 0.05) is 24.8 Å². The van der Waals surface area contributed by atoms with Crippen molar-refractivity contribution in [1.29, 1.82) is 0 Å². The topological polar surface area (TPSA) is 62.4 Å². The summed E-state index contributed by atoms with van der Waals surface area (Å²) in [6.07, 6.45) is 7.72. The molecule has 0 bridgehead atoms. The minimum atomic E-state index is 0.0528. The maximum atomic E-state index is 9.44. The number of nitrogens with zero attached hydrogens (tertiary/aromatic N) is 2. The van der Waals surface area contributed by atoms with Gasteiger partial charge in [-0.1, -0.05) is 25.8 Å². The molecule has 0 aromatic carbocycles. The summed E-state index contributed by atoms with van der Waals surface area (Å²) in [6.45, 7) is 2.97. The summed E-state index contributed by atoms with van der Waals surface area (Å²) >= 11 is 0. The van der Waals surface area contributed by atoms with Crippen LogP contribution in [-0.4, -0.2) is 40.2 Å². The predicted molar refractivity (Wildman–Crippen MR) is 81.3 cm³/mol. The number of rotatable bonds is 7. The third kappa shape index (κ3) is 3.57. The molecular formula is C16H27N3O. The van der Waals surface area contributed by atoms with Crippen LogP contribution in [-0.2, 0) is 0 Å². The van der Waals surface area contributed by atoms with Crippen LogP contribution in [0.4, 0.5) is 0 Å². The van der Waals surface area contributed by atoms with Gasteiger partial charge < -0.3 is 10.8 Å². The molecule has 1 aromatic heterocycles. The Hall–Kier alpha value is -0.970. The van der Waals surface area contributed by atoms with Crippen LogP contribution in [0.25, 0.3) is 0 Å². The van der Waals surface area contributed by atoms with Crippen LogP contribution in [0, 0.1) is 0 Å². The Morgan fingerprint density at radius 1 is 1.40 bits per heavy atom. The zero-order valence-corrected chi connectivity index (χ0v) is 12.4. The second-order valence-electron chi connectivity index (χ2n) is 5.67. The molecule has 0 saturated heterocycles. The molecule has 1 aromatic rings. The van der Waals surface area contributed by atoms with Gasteiger partial charge in [-0.3, -0.25) is 9.88 Å². The first kappa shape index (κ1) is 15.4. The molecule has 2 unspecified atom stereocenters. The minimum Gasteiger partial charge on any atom is -0.395 e. The number of pyridine rings is 1. The highest BCUT2D eigenvalue weighted by Crippen LogP contribution is 2.32. The molecule has 112 valence electrons. The number of aliphatic hydroxyl groups is 1. The highest BCUT2D eigenvalue weighted by atomic mass is 16.3. The van der Waals surface area contributed by atoms with Gasteiger partial charge in [-0.25, -0.2) is 0 Å². The largest absolute Gasteiger partial charge is 0.395 e. The van der Waals surface area contributed by atoms with Crippen molar-refractivity contribution in [1.82, 2.24) is 9.88 Å². The zero-order chi connectivity index (χ0) is 14.4. The molecule has 3 N–H and O–H groups in total. The molecule has 1 saturated carbocycles. The van der Waals surface area contributed by atoms with E-state index in [9.17, 15) is 5.11 Å². The molecule has 4 heteroatoms. The Bertz CT molecular complexity index is 379. The van der Waals surface area contributed by atoms with Crippen LogP contribution in [0.2, 0.25) is 0 Å². The van der Waals surface area contributed by atoms with E-state index in [2.05, 4.69) is 22.9 Å². The van der Waals surface area contributed by atoms with Crippen molar-refractivity contribution in [2.75, 3.05) is 13.2 Å². The fourth-order valence-electron chi connectivity index (χ4n) is 3.31. The lowest BCUT2D eigenvalue weighted by Gasteiger charge is -2.38. The van der Waals surface area contributed by atoms with Crippen LogP contribution >= 0.6 is 0 Å². The van der Waals surface area contributed by atoms with Crippen molar-refractivity contribution in [3.8, 4) is 0 Å². The van der Waals surface area contributed by atoms with Gasteiger partial charge in [0.25, 0.3) is 0 Å². The normalized spacial score (nSPS) is 19.4. The molecule has 4 nitrogen and oxygen atoms in total. The summed E-state index contributed by atoms with van der Waals surface area (Å²) in [6, 6.07) is 6.70. The van der Waals surface area contributed by atoms with Crippen molar-refractivity contribution in [3.05, 3.63) is 30.1 Å². The van der Waals surface area contributed by atoms with Crippen LogP contribution in [0.1, 0.15) is 50.8 Å². The van der Waals surface area contributed by atoms with Crippen LogP contribution in [0.3, 0.4) is 0 Å². The Kier molecular flexibility index (Phi) is 5.95. The molecule has 0 spiro atoms. The number of hydrogen-bond acceptors (Lipinski definition) is 4. The van der Waals surface area contributed by atoms with Gasteiger partial charge in [0.05, 0.1) is 18.3 Å². The molecule has 1 aliphatic rings. The van der Waals surface area contributed by atoms with E-state index in [0.717, 1.165) is 12.1 Å². The molecule has 1 heterocycles. The molecule has 0 aliphatic heterocycles. The Morgan fingerprint density at radius 2 is 2.15 bits per heavy atom. The number of aromatic nitrogens is 1. The maximum absolute atomic E-state index is 9.44. The van der Waals surface area contributed by atoms with E-state index in [1.807, 2.05) is 18.3 Å². The quantitative estimate of drug-likeness (QED) is 0.801. The van der Waals surface area contributed by atoms with Gasteiger partial charge in [-0.15, -0.1) is 0 Å². The Morgan fingerprint density at radius 3 is 2.70 bits per heavy atom. The van der Waals surface area contributed by atoms with Crippen molar-refractivity contribution in [3.63, 3.8) is 0 Å². The summed E-state index contributed by atoms with van der Waals surface area (Å²) in [7, 11) is 0. The SMILES string of the molecule is CCC(N)C(c1ccccn1)N(CCO)C1CCCC1. The maximum Gasteiger partial charge on any atom is 0.0676 e. The fourth-order valence-corrected chi connectivity index (χ4v) is 3.31. The van der Waals surface area contributed by atoms with E-state index in [0.29, 0.717) is 12.6 Å². The standard InChI is InChI=1S/C16H27N3O/c1-2-14(17)16(15-9-5-6-10-18-15)19(11-12-20)13-7-3-4-8-13/h5-6,9-10,13-14,16,20H,2-4,7-8,11-12,17H2,1H3. The zero-order valence-electron chi connectivity index (χ0n) is 12.4. The monoisotopic (exact) mass is 277 g/mol. The summed E-state index contributed by atoms with van der Waals surface area (Å²) in [4.78, 5) is 6.91. The Balaban J connectivity index is 2.26. The number of nitrogens with two attached hydrogens (primary N) is 1. The van der Waals surface area contributed by atoms with Crippen molar-refractivity contribution in [2.45, 2.75) is 57.2 Å². The second-order valence-corrected chi connectivity index (χ2v) is 5.67. The molecule has 2 rings (SSSR count).